The molecule has 2 aliphatic heterocycles. The van der Waals surface area contributed by atoms with E-state index in [0.29, 0.717) is 23.2 Å². The van der Waals surface area contributed by atoms with Gasteiger partial charge in [0, 0.05) is 53.2 Å². The van der Waals surface area contributed by atoms with Gasteiger partial charge in [-0.05, 0) is 86.8 Å². The zero-order chi connectivity index (χ0) is 34.0. The number of nitrogens with zero attached hydrogens (tertiary/aromatic N) is 8. The Labute approximate surface area is 295 Å². The van der Waals surface area contributed by atoms with Crippen molar-refractivity contribution in [2.24, 2.45) is 0 Å². The highest BCUT2D eigenvalue weighted by atomic mass is 35.5. The van der Waals surface area contributed by atoms with Crippen LogP contribution in [0.1, 0.15) is 44.7 Å². The summed E-state index contributed by atoms with van der Waals surface area (Å²) >= 11 is 12.9. The van der Waals surface area contributed by atoms with E-state index in [0.717, 1.165) is 68.1 Å². The lowest BCUT2D eigenvalue weighted by molar-refractivity contribution is -0.0715. The fourth-order valence-electron chi connectivity index (χ4n) is 6.74. The van der Waals surface area contributed by atoms with E-state index >= 15 is 0 Å². The number of anilines is 2. The Morgan fingerprint density at radius 3 is 2.22 bits per heavy atom. The summed E-state index contributed by atoms with van der Waals surface area (Å²) in [5, 5.41) is 9.77. The maximum atomic E-state index is 12.8. The van der Waals surface area contributed by atoms with E-state index in [4.69, 9.17) is 32.7 Å². The van der Waals surface area contributed by atoms with Crippen LogP contribution in [0.15, 0.2) is 90.5 Å². The van der Waals surface area contributed by atoms with Crippen molar-refractivity contribution in [1.82, 2.24) is 29.1 Å². The molecule has 0 saturated carbocycles. The van der Waals surface area contributed by atoms with Crippen molar-refractivity contribution < 1.29 is 9.47 Å². The zero-order valence-electron chi connectivity index (χ0n) is 27.7. The monoisotopic (exact) mass is 702 g/mol. The standard InChI is InChI=1S/C36H40Cl2N8O3/c1-3-26(2)46-35(47)45(25-41-46)30-7-5-28(6-8-30)42-16-18-43(19-17-42)29-9-11-31(12-10-29)48-21-32-14-15-36(49-32,22-44-24-39-23-40-44)33-13-4-27(37)20-34(33)38/h4-13,20,23-26,32H,3,14-19,21-22H2,1-2H3. The molecule has 13 heteroatoms. The van der Waals surface area contributed by atoms with E-state index in [1.165, 1.54) is 12.0 Å². The fourth-order valence-corrected chi connectivity index (χ4v) is 7.32. The largest absolute Gasteiger partial charge is 0.491 e. The van der Waals surface area contributed by atoms with E-state index in [-0.39, 0.29) is 17.8 Å². The molecule has 7 rings (SSSR count). The van der Waals surface area contributed by atoms with Gasteiger partial charge in [-0.1, -0.05) is 36.2 Å². The molecule has 0 radical (unpaired) electrons. The predicted molar refractivity (Wildman–Crippen MR) is 191 cm³/mol. The third-order valence-electron chi connectivity index (χ3n) is 9.68. The molecular weight excluding hydrogens is 663 g/mol. The maximum absolute atomic E-state index is 12.8. The minimum absolute atomic E-state index is 0.0690. The molecule has 2 aromatic heterocycles. The quantitative estimate of drug-likeness (QED) is 0.157. The average molecular weight is 704 g/mol. The Balaban J connectivity index is 0.925. The highest BCUT2D eigenvalue weighted by molar-refractivity contribution is 6.35. The summed E-state index contributed by atoms with van der Waals surface area (Å²) in [6.07, 6.45) is 7.14. The molecule has 0 spiro atoms. The van der Waals surface area contributed by atoms with Crippen molar-refractivity contribution in [3.63, 3.8) is 0 Å². The third kappa shape index (κ3) is 7.06. The van der Waals surface area contributed by atoms with Gasteiger partial charge < -0.3 is 19.3 Å². The van der Waals surface area contributed by atoms with Crippen LogP contribution in [0.5, 0.6) is 5.75 Å². The van der Waals surface area contributed by atoms with Crippen molar-refractivity contribution in [2.45, 2.75) is 57.4 Å². The van der Waals surface area contributed by atoms with E-state index in [2.05, 4.69) is 56.2 Å². The number of piperazine rings is 1. The summed E-state index contributed by atoms with van der Waals surface area (Å²) in [4.78, 5) is 21.7. The Morgan fingerprint density at radius 2 is 1.59 bits per heavy atom. The Hall–Kier alpha value is -4.32. The summed E-state index contributed by atoms with van der Waals surface area (Å²) in [6.45, 7) is 8.58. The fraction of sp³-hybridized carbons (Fsp3) is 0.389. The highest BCUT2D eigenvalue weighted by Gasteiger charge is 2.44. The molecule has 4 heterocycles. The average Bonchev–Trinajstić information content (AvgIpc) is 3.88. The lowest BCUT2D eigenvalue weighted by Crippen LogP contribution is -2.46. The second-order valence-corrected chi connectivity index (χ2v) is 13.6. The van der Waals surface area contributed by atoms with Gasteiger partial charge in [0.1, 0.15) is 36.9 Å². The number of hydrogen-bond acceptors (Lipinski definition) is 8. The van der Waals surface area contributed by atoms with Crippen LogP contribution in [0.25, 0.3) is 5.69 Å². The highest BCUT2D eigenvalue weighted by Crippen LogP contribution is 2.44. The second kappa shape index (κ2) is 14.3. The first-order valence-corrected chi connectivity index (χ1v) is 17.5. The van der Waals surface area contributed by atoms with Gasteiger partial charge in [0.2, 0.25) is 0 Å². The normalized spacial score (nSPS) is 20.1. The molecule has 3 aromatic carbocycles. The molecule has 0 aliphatic carbocycles. The lowest BCUT2D eigenvalue weighted by Gasteiger charge is -2.37. The first-order valence-electron chi connectivity index (χ1n) is 16.8. The van der Waals surface area contributed by atoms with Crippen LogP contribution in [-0.2, 0) is 16.9 Å². The van der Waals surface area contributed by atoms with Crippen LogP contribution in [0.4, 0.5) is 11.4 Å². The number of aromatic nitrogens is 6. The van der Waals surface area contributed by atoms with Crippen LogP contribution in [-0.4, -0.2) is 68.0 Å². The van der Waals surface area contributed by atoms with Crippen LogP contribution < -0.4 is 20.2 Å². The SMILES string of the molecule is CCC(C)n1ncn(-c2ccc(N3CCN(c4ccc(OCC5CCC(Cn6cncn6)(c6ccc(Cl)cc6Cl)O5)cc4)CC3)cc2)c1=O. The van der Waals surface area contributed by atoms with Gasteiger partial charge >= 0.3 is 5.69 Å². The van der Waals surface area contributed by atoms with Gasteiger partial charge in [-0.3, -0.25) is 0 Å². The molecule has 3 atom stereocenters. The molecule has 49 heavy (non-hydrogen) atoms. The topological polar surface area (TPSA) is 95.5 Å². The maximum Gasteiger partial charge on any atom is 0.350 e. The Kier molecular flexibility index (Phi) is 9.66. The molecule has 0 N–H and O–H groups in total. The van der Waals surface area contributed by atoms with Crippen molar-refractivity contribution in [2.75, 3.05) is 42.6 Å². The summed E-state index contributed by atoms with van der Waals surface area (Å²) in [5.74, 6) is 0.804. The van der Waals surface area contributed by atoms with Gasteiger partial charge in [0.15, 0.2) is 0 Å². The first-order chi connectivity index (χ1) is 23.8. The molecule has 11 nitrogen and oxygen atoms in total. The third-order valence-corrected chi connectivity index (χ3v) is 10.2. The van der Waals surface area contributed by atoms with Crippen LogP contribution in [0.2, 0.25) is 10.0 Å². The van der Waals surface area contributed by atoms with Gasteiger partial charge in [0.25, 0.3) is 0 Å². The summed E-state index contributed by atoms with van der Waals surface area (Å²) in [5.41, 5.74) is 3.25. The minimum atomic E-state index is -0.659. The van der Waals surface area contributed by atoms with Gasteiger partial charge in [-0.2, -0.15) is 10.2 Å². The van der Waals surface area contributed by atoms with Crippen LogP contribution in [0.3, 0.4) is 0 Å². The molecule has 3 unspecified atom stereocenters. The predicted octanol–water partition coefficient (Wildman–Crippen LogP) is 6.38. The number of benzene rings is 3. The van der Waals surface area contributed by atoms with Gasteiger partial charge in [-0.25, -0.2) is 23.7 Å². The van der Waals surface area contributed by atoms with E-state index in [1.807, 2.05) is 43.3 Å². The Bertz CT molecular complexity index is 1900. The molecule has 0 bridgehead atoms. The number of ether oxygens (including phenoxy) is 2. The smallest absolute Gasteiger partial charge is 0.350 e. The molecule has 2 saturated heterocycles. The second-order valence-electron chi connectivity index (χ2n) is 12.8. The summed E-state index contributed by atoms with van der Waals surface area (Å²) in [7, 11) is 0. The van der Waals surface area contributed by atoms with Crippen molar-refractivity contribution in [3.05, 3.63) is 112 Å². The van der Waals surface area contributed by atoms with Crippen LogP contribution in [0, 0.1) is 0 Å². The number of halogens is 2. The number of hydrogen-bond donors (Lipinski definition) is 0. The zero-order valence-corrected chi connectivity index (χ0v) is 29.2. The van der Waals surface area contributed by atoms with E-state index < -0.39 is 5.60 Å². The molecular formula is C36H40Cl2N8O3. The minimum Gasteiger partial charge on any atom is -0.491 e. The van der Waals surface area contributed by atoms with Gasteiger partial charge in [-0.15, -0.1) is 0 Å². The van der Waals surface area contributed by atoms with E-state index in [9.17, 15) is 4.79 Å². The number of rotatable bonds is 11. The molecule has 0 amide bonds. The van der Waals surface area contributed by atoms with Crippen LogP contribution >= 0.6 is 23.2 Å². The Morgan fingerprint density at radius 1 is 0.918 bits per heavy atom. The van der Waals surface area contributed by atoms with E-state index in [1.54, 1.807) is 32.7 Å². The molecule has 256 valence electrons. The summed E-state index contributed by atoms with van der Waals surface area (Å²) < 4.78 is 17.8. The van der Waals surface area contributed by atoms with Crippen molar-refractivity contribution in [1.29, 1.82) is 0 Å². The molecule has 5 aromatic rings. The summed E-state index contributed by atoms with van der Waals surface area (Å²) in [6, 6.07) is 22.0. The molecule has 2 aliphatic rings. The first kappa shape index (κ1) is 33.2. The van der Waals surface area contributed by atoms with Crippen molar-refractivity contribution >= 4 is 34.6 Å². The van der Waals surface area contributed by atoms with Crippen molar-refractivity contribution in [3.8, 4) is 11.4 Å². The van der Waals surface area contributed by atoms with Gasteiger partial charge in [0.05, 0.1) is 24.4 Å². The lowest BCUT2D eigenvalue weighted by atomic mass is 9.90. The molecule has 2 fully saturated rings.